The molecule has 0 aliphatic rings. The van der Waals surface area contributed by atoms with Crippen LogP contribution in [0.4, 0.5) is 0 Å². The molecule has 1 aromatic carbocycles. The zero-order chi connectivity index (χ0) is 11.8. The molecule has 1 rings (SSSR count). The van der Waals surface area contributed by atoms with Gasteiger partial charge in [0.15, 0.2) is 0 Å². The minimum absolute atomic E-state index is 0.0993. The summed E-state index contributed by atoms with van der Waals surface area (Å²) in [6.45, 7) is 5.87. The van der Waals surface area contributed by atoms with Gasteiger partial charge in [-0.05, 0) is 25.3 Å². The standard InChI is InChI=1S/C14H23NO/c1-3-4-10-16-11-9-14(15)13-7-5-12(2)6-8-13/h5-8,14H,3-4,9-11,15H2,1-2H3. The Morgan fingerprint density at radius 2 is 1.88 bits per heavy atom. The van der Waals surface area contributed by atoms with E-state index in [4.69, 9.17) is 10.5 Å². The lowest BCUT2D eigenvalue weighted by atomic mass is 10.0. The lowest BCUT2D eigenvalue weighted by molar-refractivity contribution is 0.124. The highest BCUT2D eigenvalue weighted by Crippen LogP contribution is 2.14. The van der Waals surface area contributed by atoms with Crippen LogP contribution in [0.1, 0.15) is 43.4 Å². The van der Waals surface area contributed by atoms with Gasteiger partial charge >= 0.3 is 0 Å². The van der Waals surface area contributed by atoms with Gasteiger partial charge < -0.3 is 10.5 Å². The van der Waals surface area contributed by atoms with Crippen molar-refractivity contribution < 1.29 is 4.74 Å². The summed E-state index contributed by atoms with van der Waals surface area (Å²) in [6, 6.07) is 8.51. The molecule has 1 atom stereocenters. The molecule has 1 unspecified atom stereocenters. The number of hydrogen-bond donors (Lipinski definition) is 1. The van der Waals surface area contributed by atoms with E-state index in [0.29, 0.717) is 0 Å². The summed E-state index contributed by atoms with van der Waals surface area (Å²) in [5, 5.41) is 0. The molecule has 0 aliphatic carbocycles. The minimum Gasteiger partial charge on any atom is -0.381 e. The summed E-state index contributed by atoms with van der Waals surface area (Å²) in [5.41, 5.74) is 8.55. The number of benzene rings is 1. The Morgan fingerprint density at radius 1 is 1.19 bits per heavy atom. The zero-order valence-electron chi connectivity index (χ0n) is 10.4. The second-order valence-corrected chi connectivity index (χ2v) is 4.27. The summed E-state index contributed by atoms with van der Waals surface area (Å²) >= 11 is 0. The molecular formula is C14H23NO. The van der Waals surface area contributed by atoms with Gasteiger partial charge in [-0.1, -0.05) is 43.2 Å². The maximum absolute atomic E-state index is 6.08. The van der Waals surface area contributed by atoms with Crippen molar-refractivity contribution in [1.82, 2.24) is 0 Å². The minimum atomic E-state index is 0.0993. The van der Waals surface area contributed by atoms with Crippen molar-refractivity contribution in [1.29, 1.82) is 0 Å². The molecule has 0 aromatic heterocycles. The highest BCUT2D eigenvalue weighted by Gasteiger charge is 2.04. The van der Waals surface area contributed by atoms with E-state index in [9.17, 15) is 0 Å². The molecule has 0 bridgehead atoms. The first kappa shape index (κ1) is 13.2. The van der Waals surface area contributed by atoms with Gasteiger partial charge in [0.2, 0.25) is 0 Å². The fourth-order valence-corrected chi connectivity index (χ4v) is 1.54. The van der Waals surface area contributed by atoms with Crippen molar-refractivity contribution in [3.05, 3.63) is 35.4 Å². The molecule has 16 heavy (non-hydrogen) atoms. The SMILES string of the molecule is CCCCOCCC(N)c1ccc(C)cc1. The van der Waals surface area contributed by atoms with Crippen LogP contribution < -0.4 is 5.73 Å². The molecule has 1 aromatic rings. The topological polar surface area (TPSA) is 35.2 Å². The van der Waals surface area contributed by atoms with Gasteiger partial charge in [-0.15, -0.1) is 0 Å². The average Bonchev–Trinajstić information content (AvgIpc) is 2.29. The molecule has 0 saturated heterocycles. The molecule has 2 nitrogen and oxygen atoms in total. The number of ether oxygens (including phenoxy) is 1. The number of aryl methyl sites for hydroxylation is 1. The third kappa shape index (κ3) is 4.77. The summed E-state index contributed by atoms with van der Waals surface area (Å²) < 4.78 is 5.51. The van der Waals surface area contributed by atoms with Gasteiger partial charge in [0, 0.05) is 19.3 Å². The van der Waals surface area contributed by atoms with Gasteiger partial charge in [-0.2, -0.15) is 0 Å². The van der Waals surface area contributed by atoms with Crippen LogP contribution in [-0.2, 0) is 4.74 Å². The van der Waals surface area contributed by atoms with Crippen molar-refractivity contribution in [3.8, 4) is 0 Å². The zero-order valence-corrected chi connectivity index (χ0v) is 10.4. The Hall–Kier alpha value is -0.860. The van der Waals surface area contributed by atoms with Gasteiger partial charge in [0.05, 0.1) is 0 Å². The highest BCUT2D eigenvalue weighted by atomic mass is 16.5. The fourth-order valence-electron chi connectivity index (χ4n) is 1.54. The molecule has 0 amide bonds. The van der Waals surface area contributed by atoms with E-state index in [2.05, 4.69) is 38.1 Å². The number of nitrogens with two attached hydrogens (primary N) is 1. The third-order valence-electron chi connectivity index (χ3n) is 2.72. The Bertz CT molecular complexity index is 281. The third-order valence-corrected chi connectivity index (χ3v) is 2.72. The molecule has 0 spiro atoms. The van der Waals surface area contributed by atoms with E-state index in [-0.39, 0.29) is 6.04 Å². The smallest absolute Gasteiger partial charge is 0.0484 e. The van der Waals surface area contributed by atoms with Crippen molar-refractivity contribution in [2.24, 2.45) is 5.73 Å². The van der Waals surface area contributed by atoms with Crippen molar-refractivity contribution >= 4 is 0 Å². The number of rotatable bonds is 7. The van der Waals surface area contributed by atoms with Crippen molar-refractivity contribution in [3.63, 3.8) is 0 Å². The number of unbranched alkanes of at least 4 members (excludes halogenated alkanes) is 1. The van der Waals surface area contributed by atoms with Crippen LogP contribution in [0.2, 0.25) is 0 Å². The van der Waals surface area contributed by atoms with Gasteiger partial charge in [-0.3, -0.25) is 0 Å². The van der Waals surface area contributed by atoms with Gasteiger partial charge in [0.1, 0.15) is 0 Å². The molecule has 2 N–H and O–H groups in total. The van der Waals surface area contributed by atoms with Crippen LogP contribution >= 0.6 is 0 Å². The van der Waals surface area contributed by atoms with Gasteiger partial charge in [0.25, 0.3) is 0 Å². The Morgan fingerprint density at radius 3 is 2.50 bits per heavy atom. The summed E-state index contributed by atoms with van der Waals surface area (Å²) in [5.74, 6) is 0. The predicted molar refractivity (Wildman–Crippen MR) is 68.5 cm³/mol. The lowest BCUT2D eigenvalue weighted by Gasteiger charge is -2.12. The summed E-state index contributed by atoms with van der Waals surface area (Å²) in [7, 11) is 0. The predicted octanol–water partition coefficient (Wildman–Crippen LogP) is 3.20. The van der Waals surface area contributed by atoms with Crippen LogP contribution in [-0.4, -0.2) is 13.2 Å². The maximum atomic E-state index is 6.08. The second-order valence-electron chi connectivity index (χ2n) is 4.27. The van der Waals surface area contributed by atoms with Crippen LogP contribution in [0.5, 0.6) is 0 Å². The van der Waals surface area contributed by atoms with Crippen LogP contribution in [0, 0.1) is 6.92 Å². The summed E-state index contributed by atoms with van der Waals surface area (Å²) in [4.78, 5) is 0. The van der Waals surface area contributed by atoms with E-state index in [0.717, 1.165) is 26.1 Å². The highest BCUT2D eigenvalue weighted by molar-refractivity contribution is 5.23. The first-order chi connectivity index (χ1) is 7.74. The van der Waals surface area contributed by atoms with E-state index in [1.807, 2.05) is 0 Å². The van der Waals surface area contributed by atoms with E-state index in [1.54, 1.807) is 0 Å². The summed E-state index contributed by atoms with van der Waals surface area (Å²) in [6.07, 6.45) is 3.22. The quantitative estimate of drug-likeness (QED) is 0.718. The Kier molecular flexibility index (Phi) is 6.12. The average molecular weight is 221 g/mol. The monoisotopic (exact) mass is 221 g/mol. The molecule has 0 fully saturated rings. The fraction of sp³-hybridized carbons (Fsp3) is 0.571. The second kappa shape index (κ2) is 7.42. The van der Waals surface area contributed by atoms with Crippen molar-refractivity contribution in [2.75, 3.05) is 13.2 Å². The maximum Gasteiger partial charge on any atom is 0.0484 e. The first-order valence-corrected chi connectivity index (χ1v) is 6.14. The van der Waals surface area contributed by atoms with Gasteiger partial charge in [-0.25, -0.2) is 0 Å². The van der Waals surface area contributed by atoms with E-state index < -0.39 is 0 Å². The van der Waals surface area contributed by atoms with Crippen LogP contribution in [0.25, 0.3) is 0 Å². The molecule has 0 aliphatic heterocycles. The van der Waals surface area contributed by atoms with Crippen LogP contribution in [0.3, 0.4) is 0 Å². The molecule has 0 saturated carbocycles. The first-order valence-electron chi connectivity index (χ1n) is 6.14. The molecule has 0 radical (unpaired) electrons. The Labute approximate surface area is 98.8 Å². The Balaban J connectivity index is 2.24. The van der Waals surface area contributed by atoms with Crippen molar-refractivity contribution in [2.45, 2.75) is 39.2 Å². The number of hydrogen-bond acceptors (Lipinski definition) is 2. The normalized spacial score (nSPS) is 12.7. The lowest BCUT2D eigenvalue weighted by Crippen LogP contribution is -2.13. The molecule has 90 valence electrons. The van der Waals surface area contributed by atoms with E-state index >= 15 is 0 Å². The molecule has 2 heteroatoms. The molecular weight excluding hydrogens is 198 g/mol. The van der Waals surface area contributed by atoms with E-state index in [1.165, 1.54) is 17.5 Å². The molecule has 0 heterocycles. The largest absolute Gasteiger partial charge is 0.381 e. The van der Waals surface area contributed by atoms with Crippen LogP contribution in [0.15, 0.2) is 24.3 Å².